The number of hydrogen-bond donors (Lipinski definition) is 2. The van der Waals surface area contributed by atoms with Crippen LogP contribution in [-0.4, -0.2) is 109 Å². The first kappa shape index (κ1) is 36.1. The summed E-state index contributed by atoms with van der Waals surface area (Å²) in [4.78, 5) is 79.2. The third-order valence-electron chi connectivity index (χ3n) is 12.5. The van der Waals surface area contributed by atoms with Crippen LogP contribution in [0.15, 0.2) is 59.4 Å². The van der Waals surface area contributed by atoms with Crippen LogP contribution in [0.4, 0.5) is 11.4 Å². The average molecular weight is 760 g/mol. The Labute approximate surface area is 323 Å². The largest absolute Gasteiger partial charge is 0.497 e. The number of ketones is 1. The SMILES string of the molecule is COc1cc(OC)c2c(=O)[nH]c(-c3ccc(N4CCC(CN5CC6CC(C5)N6c5ccc6c(c5)C(C(=O)C=O)N(C5CCC(=O)NC5=O)C6)CC4)cc3)nc2c1. The number of ether oxygens (including phenoxy) is 2. The lowest BCUT2D eigenvalue weighted by Crippen LogP contribution is -2.69. The van der Waals surface area contributed by atoms with Crippen molar-refractivity contribution < 1.29 is 28.7 Å². The van der Waals surface area contributed by atoms with Gasteiger partial charge < -0.3 is 24.3 Å². The number of Topliss-reactive ketones (excluding diaryl/α,β-unsaturated/α-hetero) is 1. The lowest BCUT2D eigenvalue weighted by Gasteiger charge is -2.58. The monoisotopic (exact) mass is 759 g/mol. The molecule has 2 N–H and O–H groups in total. The van der Waals surface area contributed by atoms with E-state index in [4.69, 9.17) is 14.5 Å². The summed E-state index contributed by atoms with van der Waals surface area (Å²) in [7, 11) is 3.09. The number of aromatic nitrogens is 2. The first-order valence-corrected chi connectivity index (χ1v) is 19.4. The van der Waals surface area contributed by atoms with E-state index in [0.29, 0.717) is 65.5 Å². The van der Waals surface area contributed by atoms with Crippen molar-refractivity contribution >= 4 is 46.2 Å². The van der Waals surface area contributed by atoms with E-state index >= 15 is 0 Å². The fraction of sp³-hybridized carbons (Fsp3) is 0.429. The van der Waals surface area contributed by atoms with Gasteiger partial charge in [0.25, 0.3) is 5.56 Å². The Hall–Kier alpha value is -5.60. The molecule has 6 aliphatic rings. The fourth-order valence-electron chi connectivity index (χ4n) is 9.74. The van der Waals surface area contributed by atoms with Gasteiger partial charge in [-0.2, -0.15) is 0 Å². The lowest BCUT2D eigenvalue weighted by atomic mass is 9.85. The maximum Gasteiger partial charge on any atom is 0.262 e. The number of amides is 2. The average Bonchev–Trinajstić information content (AvgIpc) is 3.58. The van der Waals surface area contributed by atoms with Gasteiger partial charge in [0.05, 0.1) is 25.8 Å². The van der Waals surface area contributed by atoms with E-state index in [1.807, 2.05) is 18.2 Å². The highest BCUT2D eigenvalue weighted by Gasteiger charge is 2.47. The zero-order chi connectivity index (χ0) is 38.7. The first-order chi connectivity index (χ1) is 27.2. The Morgan fingerprint density at radius 3 is 2.38 bits per heavy atom. The number of nitrogens with one attached hydrogen (secondary N) is 2. The van der Waals surface area contributed by atoms with Gasteiger partial charge >= 0.3 is 0 Å². The molecule has 2 bridgehead atoms. The van der Waals surface area contributed by atoms with Gasteiger partial charge in [0, 0.05) is 86.8 Å². The molecule has 4 atom stereocenters. The number of benzene rings is 3. The molecule has 290 valence electrons. The molecule has 0 aliphatic carbocycles. The quantitative estimate of drug-likeness (QED) is 0.139. The van der Waals surface area contributed by atoms with Crippen LogP contribution < -0.4 is 30.1 Å². The van der Waals surface area contributed by atoms with Gasteiger partial charge in [-0.3, -0.25) is 39.1 Å². The number of carbonyl (C=O) groups excluding carboxylic acids is 4. The van der Waals surface area contributed by atoms with E-state index in [-0.39, 0.29) is 17.9 Å². The van der Waals surface area contributed by atoms with Gasteiger partial charge in [-0.25, -0.2) is 4.98 Å². The molecule has 7 heterocycles. The van der Waals surface area contributed by atoms with Crippen LogP contribution in [0.2, 0.25) is 0 Å². The zero-order valence-electron chi connectivity index (χ0n) is 31.5. The predicted octanol–water partition coefficient (Wildman–Crippen LogP) is 3.22. The van der Waals surface area contributed by atoms with Gasteiger partial charge in [0.1, 0.15) is 28.8 Å². The molecular formula is C42H45N7O7. The molecule has 2 amide bonds. The van der Waals surface area contributed by atoms with Crippen molar-refractivity contribution in [2.24, 2.45) is 5.92 Å². The normalized spacial score (nSPS) is 24.1. The van der Waals surface area contributed by atoms with E-state index in [0.717, 1.165) is 80.1 Å². The molecule has 14 nitrogen and oxygen atoms in total. The summed E-state index contributed by atoms with van der Waals surface area (Å²) in [5.41, 5.74) is 5.01. The van der Waals surface area contributed by atoms with Gasteiger partial charge in [-0.15, -0.1) is 0 Å². The van der Waals surface area contributed by atoms with Gasteiger partial charge in [-0.1, -0.05) is 6.07 Å². The number of imide groups is 1. The van der Waals surface area contributed by atoms with E-state index in [1.54, 1.807) is 24.1 Å². The number of aromatic amines is 1. The van der Waals surface area contributed by atoms with Gasteiger partial charge in [0.2, 0.25) is 17.6 Å². The minimum atomic E-state index is -0.824. The number of piperidine rings is 3. The molecule has 5 saturated heterocycles. The minimum absolute atomic E-state index is 0.210. The number of hydrogen-bond acceptors (Lipinski definition) is 12. The van der Waals surface area contributed by atoms with Crippen molar-refractivity contribution in [1.82, 2.24) is 25.1 Å². The second-order valence-corrected chi connectivity index (χ2v) is 15.7. The third kappa shape index (κ3) is 6.40. The van der Waals surface area contributed by atoms with Crippen molar-refractivity contribution in [3.05, 3.63) is 76.1 Å². The number of H-pyrrole nitrogens is 1. The van der Waals surface area contributed by atoms with Crippen LogP contribution in [0.5, 0.6) is 11.5 Å². The summed E-state index contributed by atoms with van der Waals surface area (Å²) in [6, 6.07) is 17.1. The van der Waals surface area contributed by atoms with Gasteiger partial charge in [0.15, 0.2) is 6.29 Å². The topological polar surface area (TPSA) is 157 Å². The molecule has 0 radical (unpaired) electrons. The first-order valence-electron chi connectivity index (χ1n) is 19.4. The van der Waals surface area contributed by atoms with Crippen molar-refractivity contribution in [3.8, 4) is 22.9 Å². The van der Waals surface area contributed by atoms with E-state index < -0.39 is 23.8 Å². The predicted molar refractivity (Wildman–Crippen MR) is 209 cm³/mol. The van der Waals surface area contributed by atoms with Crippen LogP contribution in [0.3, 0.4) is 0 Å². The van der Waals surface area contributed by atoms with E-state index in [9.17, 15) is 24.0 Å². The number of methoxy groups -OCH3 is 2. The van der Waals surface area contributed by atoms with Crippen molar-refractivity contribution in [2.75, 3.05) is 56.7 Å². The number of rotatable bonds is 10. The minimum Gasteiger partial charge on any atom is -0.497 e. The second kappa shape index (κ2) is 14.5. The van der Waals surface area contributed by atoms with E-state index in [1.165, 1.54) is 7.11 Å². The van der Waals surface area contributed by atoms with E-state index in [2.05, 4.69) is 49.3 Å². The van der Waals surface area contributed by atoms with Crippen molar-refractivity contribution in [1.29, 1.82) is 0 Å². The Balaban J connectivity index is 0.806. The molecule has 56 heavy (non-hydrogen) atoms. The number of anilines is 2. The zero-order valence-corrected chi connectivity index (χ0v) is 31.5. The Bertz CT molecular complexity index is 2270. The van der Waals surface area contributed by atoms with Crippen LogP contribution >= 0.6 is 0 Å². The highest BCUT2D eigenvalue weighted by molar-refractivity contribution is 6.27. The number of fused-ring (bicyclic) bond motifs is 4. The lowest BCUT2D eigenvalue weighted by molar-refractivity contribution is -0.141. The Morgan fingerprint density at radius 1 is 0.929 bits per heavy atom. The molecular weight excluding hydrogens is 715 g/mol. The van der Waals surface area contributed by atoms with Crippen molar-refractivity contribution in [2.45, 2.75) is 62.8 Å². The molecule has 10 rings (SSSR count). The molecule has 0 spiro atoms. The second-order valence-electron chi connectivity index (χ2n) is 15.7. The summed E-state index contributed by atoms with van der Waals surface area (Å²) >= 11 is 0. The molecule has 0 saturated carbocycles. The molecule has 6 aliphatic heterocycles. The van der Waals surface area contributed by atoms with Gasteiger partial charge in [-0.05, 0) is 79.1 Å². The number of nitrogens with zero attached hydrogens (tertiary/aromatic N) is 5. The highest BCUT2D eigenvalue weighted by atomic mass is 16.5. The summed E-state index contributed by atoms with van der Waals surface area (Å²) in [5, 5.41) is 2.78. The number of aldehydes is 1. The molecule has 3 aromatic carbocycles. The molecule has 5 fully saturated rings. The summed E-state index contributed by atoms with van der Waals surface area (Å²) in [6.07, 6.45) is 4.25. The molecule has 1 aromatic heterocycles. The third-order valence-corrected chi connectivity index (χ3v) is 12.5. The smallest absolute Gasteiger partial charge is 0.262 e. The summed E-state index contributed by atoms with van der Waals surface area (Å²) in [6.45, 7) is 5.39. The Kier molecular flexibility index (Phi) is 9.32. The molecule has 4 unspecified atom stereocenters. The molecule has 4 aromatic rings. The maximum atomic E-state index is 13.0. The Morgan fingerprint density at radius 2 is 1.68 bits per heavy atom. The summed E-state index contributed by atoms with van der Waals surface area (Å²) < 4.78 is 10.8. The number of piperazine rings is 1. The highest BCUT2D eigenvalue weighted by Crippen LogP contribution is 2.43. The van der Waals surface area contributed by atoms with Crippen LogP contribution in [0.25, 0.3) is 22.3 Å². The van der Waals surface area contributed by atoms with Crippen LogP contribution in [-0.2, 0) is 25.7 Å². The molecule has 14 heteroatoms. The van der Waals surface area contributed by atoms with Crippen LogP contribution in [0, 0.1) is 5.92 Å². The van der Waals surface area contributed by atoms with Crippen LogP contribution in [0.1, 0.15) is 49.3 Å². The van der Waals surface area contributed by atoms with Crippen molar-refractivity contribution in [3.63, 3.8) is 0 Å². The summed E-state index contributed by atoms with van der Waals surface area (Å²) in [5.74, 6) is 0.810. The number of carbonyl (C=O) groups is 4. The standard InChI is InChI=1S/C42H45N7O7/c1-55-31-17-33-38(36(18-31)56-2)42(54)45-40(43-33)25-3-6-27(7-4-25)47-13-11-24(12-14-47)19-46-21-29-15-30(22-46)49(29)28-8-5-26-20-48(34-9-10-37(52)44-41(34)53)39(32(26)16-28)35(51)23-50/h3-8,16-18,23-24,29-30,34,39H,9-15,19-22H2,1-2H3,(H,43,45,54)(H,44,52,53). The fourth-order valence-corrected chi connectivity index (χ4v) is 9.74. The maximum absolute atomic E-state index is 13.0.